The number of benzene rings is 3. The molecule has 3 N–H and O–H groups in total. The third-order valence-corrected chi connectivity index (χ3v) is 7.42. The molecule has 1 heterocycles. The van der Waals surface area contributed by atoms with Crippen molar-refractivity contribution in [2.45, 2.75) is 24.7 Å². The van der Waals surface area contributed by atoms with Crippen LogP contribution in [0.5, 0.6) is 0 Å². The number of rotatable bonds is 9. The zero-order valence-corrected chi connectivity index (χ0v) is 21.1. The Balaban J connectivity index is 1.32. The van der Waals surface area contributed by atoms with Crippen molar-refractivity contribution in [2.24, 2.45) is 5.92 Å². The molecule has 1 aliphatic rings. The van der Waals surface area contributed by atoms with Gasteiger partial charge >= 0.3 is 0 Å². The van der Waals surface area contributed by atoms with Crippen LogP contribution in [-0.4, -0.2) is 39.2 Å². The molecule has 192 valence electrons. The Hall–Kier alpha value is -4.02. The molecule has 0 bridgehead atoms. The number of anilines is 3. The fourth-order valence-corrected chi connectivity index (χ4v) is 5.06. The molecule has 1 unspecified atom stereocenters. The first-order valence-corrected chi connectivity index (χ1v) is 13.4. The van der Waals surface area contributed by atoms with Crippen LogP contribution >= 0.6 is 0 Å². The van der Waals surface area contributed by atoms with Gasteiger partial charge in [0.1, 0.15) is 0 Å². The predicted molar refractivity (Wildman–Crippen MR) is 142 cm³/mol. The summed E-state index contributed by atoms with van der Waals surface area (Å²) in [5.74, 6) is -1.20. The van der Waals surface area contributed by atoms with Gasteiger partial charge in [-0.2, -0.15) is 0 Å². The average molecular weight is 521 g/mol. The highest BCUT2D eigenvalue weighted by molar-refractivity contribution is 7.89. The monoisotopic (exact) mass is 520 g/mol. The highest BCUT2D eigenvalue weighted by Gasteiger charge is 2.35. The summed E-state index contributed by atoms with van der Waals surface area (Å²) in [5.41, 5.74) is 2.10. The molecule has 3 amide bonds. The molecule has 0 spiro atoms. The Bertz CT molecular complexity index is 1370. The number of nitrogens with zero attached hydrogens (tertiary/aromatic N) is 1. The van der Waals surface area contributed by atoms with Gasteiger partial charge in [-0.15, -0.1) is 0 Å². The standard InChI is InChI=1S/C27H28N4O5S/c1-2-16-28-37(35,36)24-14-12-22(13-15-24)29-26(33)19-8-10-21(11-9-19)30-27(34)20-17-25(32)31(18-20)23-6-4-3-5-7-23/h3-15,20,28H,2,16-18H2,1H3,(H,29,33)(H,30,34). The second-order valence-electron chi connectivity index (χ2n) is 8.68. The van der Waals surface area contributed by atoms with Crippen LogP contribution in [0.1, 0.15) is 30.1 Å². The molecule has 9 nitrogen and oxygen atoms in total. The zero-order chi connectivity index (χ0) is 26.4. The molecule has 3 aromatic rings. The van der Waals surface area contributed by atoms with Crippen molar-refractivity contribution in [1.29, 1.82) is 0 Å². The molecule has 1 aliphatic heterocycles. The van der Waals surface area contributed by atoms with Gasteiger partial charge in [0.05, 0.1) is 10.8 Å². The van der Waals surface area contributed by atoms with Crippen molar-refractivity contribution < 1.29 is 22.8 Å². The quantitative estimate of drug-likeness (QED) is 0.398. The van der Waals surface area contributed by atoms with Crippen molar-refractivity contribution in [3.63, 3.8) is 0 Å². The maximum absolute atomic E-state index is 12.7. The normalized spacial score (nSPS) is 15.4. The third-order valence-electron chi connectivity index (χ3n) is 5.94. The molecule has 1 saturated heterocycles. The summed E-state index contributed by atoms with van der Waals surface area (Å²) in [6, 6.07) is 21.5. The number of hydrogen-bond acceptors (Lipinski definition) is 5. The fraction of sp³-hybridized carbons (Fsp3) is 0.222. The van der Waals surface area contributed by atoms with E-state index in [2.05, 4.69) is 15.4 Å². The first-order chi connectivity index (χ1) is 17.8. The van der Waals surface area contributed by atoms with E-state index in [9.17, 15) is 22.8 Å². The van der Waals surface area contributed by atoms with Crippen molar-refractivity contribution in [2.75, 3.05) is 28.6 Å². The van der Waals surface area contributed by atoms with Gasteiger partial charge in [0.25, 0.3) is 5.91 Å². The minimum atomic E-state index is -3.58. The van der Waals surface area contributed by atoms with Gasteiger partial charge in [-0.05, 0) is 67.1 Å². The molecular weight excluding hydrogens is 492 g/mol. The Morgan fingerprint density at radius 2 is 1.51 bits per heavy atom. The van der Waals surface area contributed by atoms with E-state index in [0.717, 1.165) is 5.69 Å². The van der Waals surface area contributed by atoms with Gasteiger partial charge in [-0.25, -0.2) is 13.1 Å². The molecule has 10 heteroatoms. The number of hydrogen-bond donors (Lipinski definition) is 3. The van der Waals surface area contributed by atoms with Crippen LogP contribution < -0.4 is 20.3 Å². The Labute approximate surface area is 215 Å². The van der Waals surface area contributed by atoms with Crippen LogP contribution in [0.3, 0.4) is 0 Å². The smallest absolute Gasteiger partial charge is 0.255 e. The lowest BCUT2D eigenvalue weighted by molar-refractivity contribution is -0.122. The summed E-state index contributed by atoms with van der Waals surface area (Å²) in [4.78, 5) is 39.5. The second-order valence-corrected chi connectivity index (χ2v) is 10.5. The lowest BCUT2D eigenvalue weighted by Gasteiger charge is -2.16. The van der Waals surface area contributed by atoms with E-state index < -0.39 is 15.9 Å². The highest BCUT2D eigenvalue weighted by Crippen LogP contribution is 2.26. The molecule has 0 aliphatic carbocycles. The first-order valence-electron chi connectivity index (χ1n) is 11.9. The maximum Gasteiger partial charge on any atom is 0.255 e. The number of carbonyl (C=O) groups is 3. The van der Waals surface area contributed by atoms with Crippen molar-refractivity contribution in [3.05, 3.63) is 84.4 Å². The van der Waals surface area contributed by atoms with Crippen molar-refractivity contribution >= 4 is 44.8 Å². The summed E-state index contributed by atoms with van der Waals surface area (Å²) in [7, 11) is -3.58. The van der Waals surface area contributed by atoms with Crippen LogP contribution in [-0.2, 0) is 19.6 Å². The fourth-order valence-electron chi connectivity index (χ4n) is 3.93. The molecule has 3 aromatic carbocycles. The number of nitrogens with one attached hydrogen (secondary N) is 3. The van der Waals surface area contributed by atoms with E-state index in [-0.39, 0.29) is 29.0 Å². The van der Waals surface area contributed by atoms with Gasteiger partial charge in [-0.1, -0.05) is 25.1 Å². The molecule has 1 fully saturated rings. The topological polar surface area (TPSA) is 125 Å². The third kappa shape index (κ3) is 6.41. The maximum atomic E-state index is 12.7. The van der Waals surface area contributed by atoms with Crippen LogP contribution in [0.25, 0.3) is 0 Å². The second kappa shape index (κ2) is 11.4. The summed E-state index contributed by atoms with van der Waals surface area (Å²) in [6.45, 7) is 2.53. The molecule has 0 aromatic heterocycles. The molecule has 37 heavy (non-hydrogen) atoms. The number of sulfonamides is 1. The molecular formula is C27H28N4O5S. The number of para-hydroxylation sites is 1. The van der Waals surface area contributed by atoms with E-state index in [1.807, 2.05) is 37.3 Å². The Kier molecular flexibility index (Phi) is 8.00. The van der Waals surface area contributed by atoms with Crippen LogP contribution in [0, 0.1) is 5.92 Å². The molecule has 1 atom stereocenters. The lowest BCUT2D eigenvalue weighted by Crippen LogP contribution is -2.28. The van der Waals surface area contributed by atoms with Crippen LogP contribution in [0.4, 0.5) is 17.1 Å². The van der Waals surface area contributed by atoms with E-state index in [1.165, 1.54) is 24.3 Å². The lowest BCUT2D eigenvalue weighted by atomic mass is 10.1. The summed E-state index contributed by atoms with van der Waals surface area (Å²) >= 11 is 0. The van der Waals surface area contributed by atoms with Crippen LogP contribution in [0.15, 0.2) is 83.8 Å². The zero-order valence-electron chi connectivity index (χ0n) is 20.3. The van der Waals surface area contributed by atoms with Crippen LogP contribution in [0.2, 0.25) is 0 Å². The molecule has 0 saturated carbocycles. The van der Waals surface area contributed by atoms with Crippen molar-refractivity contribution in [3.8, 4) is 0 Å². The van der Waals surface area contributed by atoms with Gasteiger partial charge in [-0.3, -0.25) is 14.4 Å². The Morgan fingerprint density at radius 3 is 2.16 bits per heavy atom. The van der Waals surface area contributed by atoms with Gasteiger partial charge in [0.15, 0.2) is 0 Å². The number of amides is 3. The SMILES string of the molecule is CCCNS(=O)(=O)c1ccc(NC(=O)c2ccc(NC(=O)C3CC(=O)N(c4ccccc4)C3)cc2)cc1. The minimum Gasteiger partial charge on any atom is -0.326 e. The summed E-state index contributed by atoms with van der Waals surface area (Å²) in [6.07, 6.45) is 0.818. The highest BCUT2D eigenvalue weighted by atomic mass is 32.2. The summed E-state index contributed by atoms with van der Waals surface area (Å²) in [5, 5.41) is 5.54. The van der Waals surface area contributed by atoms with Gasteiger partial charge in [0, 0.05) is 42.1 Å². The Morgan fingerprint density at radius 1 is 0.892 bits per heavy atom. The predicted octanol–water partition coefficient (Wildman–Crippen LogP) is 3.62. The van der Waals surface area contributed by atoms with E-state index in [4.69, 9.17) is 0 Å². The van der Waals surface area contributed by atoms with Crippen molar-refractivity contribution in [1.82, 2.24) is 4.72 Å². The van der Waals surface area contributed by atoms with E-state index in [1.54, 1.807) is 29.2 Å². The minimum absolute atomic E-state index is 0.0961. The summed E-state index contributed by atoms with van der Waals surface area (Å²) < 4.78 is 26.9. The molecule has 0 radical (unpaired) electrons. The van der Waals surface area contributed by atoms with Gasteiger partial charge in [0.2, 0.25) is 21.8 Å². The average Bonchev–Trinajstić information content (AvgIpc) is 3.30. The van der Waals surface area contributed by atoms with E-state index in [0.29, 0.717) is 36.4 Å². The number of carbonyl (C=O) groups excluding carboxylic acids is 3. The molecule has 4 rings (SSSR count). The van der Waals surface area contributed by atoms with Gasteiger partial charge < -0.3 is 15.5 Å². The van der Waals surface area contributed by atoms with E-state index >= 15 is 0 Å². The first kappa shape index (κ1) is 26.1. The largest absolute Gasteiger partial charge is 0.326 e.